The third-order valence-corrected chi connectivity index (χ3v) is 20.0. The molecular weight excluding hydrogens is 713 g/mol. The molecule has 10 aromatic rings. The lowest BCUT2D eigenvalue weighted by Gasteiger charge is -2.36. The molecule has 0 N–H and O–H groups in total. The average Bonchev–Trinajstić information content (AvgIpc) is 3.75. The number of pyridine rings is 2. The first-order valence-electron chi connectivity index (χ1n) is 19.6. The average molecular weight is 751 g/mol. The largest absolute Gasteiger partial charge is 0.309 e. The summed E-state index contributed by atoms with van der Waals surface area (Å²) in [6, 6.07) is 54.2. The van der Waals surface area contributed by atoms with Crippen molar-refractivity contribution in [3.63, 3.8) is 0 Å². The summed E-state index contributed by atoms with van der Waals surface area (Å²) in [5, 5.41) is 11.0. The number of hydrogen-bond acceptors (Lipinski definition) is 2. The Kier molecular flexibility index (Phi) is 6.35. The van der Waals surface area contributed by atoms with Crippen LogP contribution in [0.5, 0.6) is 0 Å². The zero-order valence-corrected chi connectivity index (χ0v) is 33.8. The van der Waals surface area contributed by atoms with Crippen LogP contribution in [0.4, 0.5) is 0 Å². The highest BCUT2D eigenvalue weighted by Crippen LogP contribution is 2.47. The number of rotatable bonds is 3. The van der Waals surface area contributed by atoms with Gasteiger partial charge in [-0.1, -0.05) is 135 Å². The standard InChI is InChI=1S/C50H38N4Si2/c1-55(2)41-23-13-17-35-31-15-5-7-21-39(31)53(47(35)41)49-43(55)27-25-33(45(49)37-19-9-11-29-51-37)34-26-28-44-50(46(34)38-20-10-12-30-52-38)54-40-22-8-6-16-32(40)36-18-14-24-42(48(36)54)56(44,3)4/h5-30H,1-4H3. The van der Waals surface area contributed by atoms with E-state index in [2.05, 4.69) is 169 Å². The Morgan fingerprint density at radius 2 is 0.786 bits per heavy atom. The van der Waals surface area contributed by atoms with Crippen molar-refractivity contribution in [1.82, 2.24) is 19.1 Å². The summed E-state index contributed by atoms with van der Waals surface area (Å²) in [5.74, 6) is 0. The molecule has 6 aromatic carbocycles. The smallest absolute Gasteiger partial charge is 0.117 e. The van der Waals surface area contributed by atoms with E-state index in [1.807, 2.05) is 24.5 Å². The molecule has 0 saturated carbocycles. The summed E-state index contributed by atoms with van der Waals surface area (Å²) in [4.78, 5) is 10.3. The summed E-state index contributed by atoms with van der Waals surface area (Å²) >= 11 is 0. The van der Waals surface area contributed by atoms with Crippen molar-refractivity contribution >= 4 is 80.5 Å². The second kappa shape index (κ2) is 11.1. The minimum absolute atomic E-state index is 0.980. The van der Waals surface area contributed by atoms with Crippen molar-refractivity contribution in [3.05, 3.63) is 158 Å². The second-order valence-electron chi connectivity index (χ2n) is 16.6. The van der Waals surface area contributed by atoms with Crippen LogP contribution in [-0.4, -0.2) is 35.2 Å². The van der Waals surface area contributed by atoms with E-state index in [0.29, 0.717) is 0 Å². The van der Waals surface area contributed by atoms with Gasteiger partial charge < -0.3 is 9.13 Å². The third-order valence-electron chi connectivity index (χ3n) is 13.0. The van der Waals surface area contributed by atoms with Gasteiger partial charge in [0.15, 0.2) is 0 Å². The van der Waals surface area contributed by atoms with E-state index in [1.165, 1.54) is 98.0 Å². The molecule has 0 atom stereocenters. The molecule has 12 rings (SSSR count). The predicted molar refractivity (Wildman–Crippen MR) is 241 cm³/mol. The number of benzene rings is 6. The SMILES string of the molecule is C[Si]1(C)c2ccc(-c3ccc4c(c3-c3ccccn3)-n3c5ccccc5c5cccc(c53)[Si]4(C)C)c(-c3ccccn3)c2-n2c3ccccc3c3cccc1c32. The van der Waals surface area contributed by atoms with Crippen LogP contribution >= 0.6 is 0 Å². The van der Waals surface area contributed by atoms with Gasteiger partial charge >= 0.3 is 0 Å². The first kappa shape index (κ1) is 31.9. The summed E-state index contributed by atoms with van der Waals surface area (Å²) in [5.41, 5.74) is 14.3. The Labute approximate surface area is 327 Å². The Bertz CT molecular complexity index is 3080. The van der Waals surface area contributed by atoms with Gasteiger partial charge in [-0.3, -0.25) is 9.97 Å². The number of hydrogen-bond donors (Lipinski definition) is 0. The Balaban J connectivity index is 1.29. The molecule has 4 aromatic heterocycles. The molecular formula is C50H38N4Si2. The number of aromatic nitrogens is 4. The van der Waals surface area contributed by atoms with Crippen LogP contribution in [0.2, 0.25) is 26.2 Å². The summed E-state index contributed by atoms with van der Waals surface area (Å²) in [6.07, 6.45) is 3.89. The first-order chi connectivity index (χ1) is 27.4. The molecule has 266 valence electrons. The summed E-state index contributed by atoms with van der Waals surface area (Å²) < 4.78 is 5.16. The molecule has 6 heteroatoms. The molecule has 4 nitrogen and oxygen atoms in total. The van der Waals surface area contributed by atoms with Crippen molar-refractivity contribution < 1.29 is 0 Å². The molecule has 2 aliphatic heterocycles. The van der Waals surface area contributed by atoms with Crippen LogP contribution in [0.25, 0.3) is 88.6 Å². The van der Waals surface area contributed by atoms with Crippen LogP contribution in [0.1, 0.15) is 0 Å². The van der Waals surface area contributed by atoms with Crippen molar-refractivity contribution in [2.24, 2.45) is 0 Å². The zero-order chi connectivity index (χ0) is 37.5. The third kappa shape index (κ3) is 3.97. The minimum atomic E-state index is -2.19. The van der Waals surface area contributed by atoms with Gasteiger partial charge in [0, 0.05) is 45.1 Å². The molecule has 0 spiro atoms. The molecule has 0 radical (unpaired) electrons. The highest BCUT2D eigenvalue weighted by molar-refractivity contribution is 7.03. The van der Waals surface area contributed by atoms with E-state index in [9.17, 15) is 0 Å². The maximum Gasteiger partial charge on any atom is 0.117 e. The van der Waals surface area contributed by atoms with Crippen LogP contribution in [0, 0.1) is 0 Å². The monoisotopic (exact) mass is 750 g/mol. The van der Waals surface area contributed by atoms with Crippen LogP contribution in [-0.2, 0) is 0 Å². The quantitative estimate of drug-likeness (QED) is 0.169. The molecule has 6 heterocycles. The van der Waals surface area contributed by atoms with Crippen molar-refractivity contribution in [2.75, 3.05) is 0 Å². The first-order valence-corrected chi connectivity index (χ1v) is 25.6. The lowest BCUT2D eigenvalue weighted by Crippen LogP contribution is -2.57. The number of para-hydroxylation sites is 4. The van der Waals surface area contributed by atoms with E-state index in [1.54, 1.807) is 0 Å². The highest BCUT2D eigenvalue weighted by atomic mass is 28.3. The molecule has 56 heavy (non-hydrogen) atoms. The van der Waals surface area contributed by atoms with E-state index in [4.69, 9.17) is 9.97 Å². The second-order valence-corrected chi connectivity index (χ2v) is 25.2. The minimum Gasteiger partial charge on any atom is -0.309 e. The molecule has 0 aliphatic carbocycles. The Morgan fingerprint density at radius 1 is 0.375 bits per heavy atom. The maximum absolute atomic E-state index is 5.17. The van der Waals surface area contributed by atoms with Gasteiger partial charge in [-0.05, 0) is 68.3 Å². The summed E-state index contributed by atoms with van der Waals surface area (Å²) in [6.45, 7) is 10.1. The van der Waals surface area contributed by atoms with Crippen molar-refractivity contribution in [2.45, 2.75) is 26.2 Å². The Hall–Kier alpha value is -6.35. The van der Waals surface area contributed by atoms with Crippen molar-refractivity contribution in [1.29, 1.82) is 0 Å². The fourth-order valence-electron chi connectivity index (χ4n) is 10.4. The molecule has 0 amide bonds. The van der Waals surface area contributed by atoms with E-state index in [-0.39, 0.29) is 0 Å². The van der Waals surface area contributed by atoms with Gasteiger partial charge in [0.2, 0.25) is 0 Å². The van der Waals surface area contributed by atoms with Gasteiger partial charge in [0.05, 0.1) is 44.8 Å². The topological polar surface area (TPSA) is 35.6 Å². The Morgan fingerprint density at radius 3 is 1.21 bits per heavy atom. The van der Waals surface area contributed by atoms with Gasteiger partial charge in [-0.25, -0.2) is 0 Å². The van der Waals surface area contributed by atoms with Crippen LogP contribution in [0.15, 0.2) is 158 Å². The lowest BCUT2D eigenvalue weighted by molar-refractivity contribution is 1.17. The predicted octanol–water partition coefficient (Wildman–Crippen LogP) is 9.94. The van der Waals surface area contributed by atoms with Crippen molar-refractivity contribution in [3.8, 4) is 45.0 Å². The fraction of sp³-hybridized carbons (Fsp3) is 0.0800. The van der Waals surface area contributed by atoms with E-state index < -0.39 is 16.1 Å². The molecule has 0 bridgehead atoms. The normalized spacial score (nSPS) is 14.7. The van der Waals surface area contributed by atoms with Gasteiger partial charge in [0.1, 0.15) is 16.1 Å². The molecule has 0 fully saturated rings. The number of fused-ring (bicyclic) bond motifs is 10. The zero-order valence-electron chi connectivity index (χ0n) is 31.8. The fourth-order valence-corrected chi connectivity index (χ4v) is 16.4. The van der Waals surface area contributed by atoms with E-state index in [0.717, 1.165) is 11.4 Å². The van der Waals surface area contributed by atoms with Crippen LogP contribution in [0.3, 0.4) is 0 Å². The molecule has 2 aliphatic rings. The molecule has 0 unspecified atom stereocenters. The van der Waals surface area contributed by atoms with Gasteiger partial charge in [-0.15, -0.1) is 0 Å². The number of nitrogens with zero attached hydrogens (tertiary/aromatic N) is 4. The highest BCUT2D eigenvalue weighted by Gasteiger charge is 2.42. The van der Waals surface area contributed by atoms with Gasteiger partial charge in [-0.2, -0.15) is 0 Å². The maximum atomic E-state index is 5.17. The van der Waals surface area contributed by atoms with E-state index >= 15 is 0 Å². The lowest BCUT2D eigenvalue weighted by atomic mass is 9.89. The summed E-state index contributed by atoms with van der Waals surface area (Å²) in [7, 11) is -4.37. The van der Waals surface area contributed by atoms with Crippen LogP contribution < -0.4 is 20.7 Å². The molecule has 0 saturated heterocycles. The van der Waals surface area contributed by atoms with Gasteiger partial charge in [0.25, 0.3) is 0 Å².